The van der Waals surface area contributed by atoms with E-state index < -0.39 is 30.1 Å². The summed E-state index contributed by atoms with van der Waals surface area (Å²) < 4.78 is 22.4. The van der Waals surface area contributed by atoms with E-state index in [0.717, 1.165) is 5.56 Å². The van der Waals surface area contributed by atoms with Crippen molar-refractivity contribution in [3.05, 3.63) is 47.7 Å². The van der Waals surface area contributed by atoms with E-state index in [2.05, 4.69) is 0 Å². The Morgan fingerprint density at radius 1 is 1.31 bits per heavy atom. The molecule has 0 saturated carbocycles. The highest BCUT2D eigenvalue weighted by atomic mass is 16.7. The molecule has 2 aliphatic heterocycles. The number of ether oxygens (including phenoxy) is 4. The van der Waals surface area contributed by atoms with Gasteiger partial charge in [0.1, 0.15) is 23.6 Å². The van der Waals surface area contributed by atoms with Gasteiger partial charge in [0.15, 0.2) is 6.29 Å². The molecule has 3 rings (SSSR count). The monoisotopic (exact) mass is 362 g/mol. The van der Waals surface area contributed by atoms with Crippen LogP contribution >= 0.6 is 0 Å². The highest BCUT2D eigenvalue weighted by Gasteiger charge is 2.46. The van der Waals surface area contributed by atoms with Gasteiger partial charge in [0.25, 0.3) is 0 Å². The molecule has 2 fully saturated rings. The maximum atomic E-state index is 11.9. The fourth-order valence-electron chi connectivity index (χ4n) is 3.12. The summed E-state index contributed by atoms with van der Waals surface area (Å²) >= 11 is 0. The minimum atomic E-state index is -0.915. The summed E-state index contributed by atoms with van der Waals surface area (Å²) in [6.07, 6.45) is -0.222. The van der Waals surface area contributed by atoms with E-state index in [-0.39, 0.29) is 5.92 Å². The van der Waals surface area contributed by atoms with Crippen molar-refractivity contribution in [2.45, 2.75) is 57.9 Å². The third kappa shape index (κ3) is 4.84. The zero-order valence-corrected chi connectivity index (χ0v) is 15.4. The molecule has 6 heteroatoms. The Balaban J connectivity index is 1.56. The number of benzene rings is 1. The highest BCUT2D eigenvalue weighted by molar-refractivity contribution is 5.82. The lowest BCUT2D eigenvalue weighted by Gasteiger charge is -2.35. The molecule has 2 aliphatic rings. The van der Waals surface area contributed by atoms with Gasteiger partial charge in [0, 0.05) is 12.3 Å². The van der Waals surface area contributed by atoms with Crippen LogP contribution in [0.15, 0.2) is 42.2 Å². The predicted molar refractivity (Wildman–Crippen MR) is 93.9 cm³/mol. The average Bonchev–Trinajstić information content (AvgIpc) is 2.96. The molecular formula is C20H26O6. The summed E-state index contributed by atoms with van der Waals surface area (Å²) in [5, 5.41) is 10.5. The van der Waals surface area contributed by atoms with Gasteiger partial charge in [-0.2, -0.15) is 0 Å². The molecule has 0 amide bonds. The van der Waals surface area contributed by atoms with Gasteiger partial charge in [-0.05, 0) is 26.3 Å². The quantitative estimate of drug-likeness (QED) is 0.655. The molecule has 1 aromatic carbocycles. The van der Waals surface area contributed by atoms with E-state index in [1.807, 2.05) is 51.1 Å². The van der Waals surface area contributed by atoms with E-state index in [1.165, 1.54) is 6.08 Å². The second-order valence-corrected chi connectivity index (χ2v) is 7.68. The van der Waals surface area contributed by atoms with Crippen LogP contribution in [0.3, 0.4) is 0 Å². The maximum absolute atomic E-state index is 11.9. The van der Waals surface area contributed by atoms with Crippen LogP contribution in [0.1, 0.15) is 32.8 Å². The molecular weight excluding hydrogens is 336 g/mol. The first kappa shape index (κ1) is 18.9. The Hall–Kier alpha value is -1.89. The third-order valence-electron chi connectivity index (χ3n) is 4.25. The molecule has 2 saturated heterocycles. The number of fused-ring (bicyclic) bond motifs is 1. The lowest BCUT2D eigenvalue weighted by atomic mass is 9.95. The number of hydrogen-bond donors (Lipinski definition) is 1. The number of carbonyl (C=O) groups excluding carboxylic acids is 1. The molecule has 0 spiro atoms. The number of carbonyl (C=O) groups is 1. The zero-order chi connectivity index (χ0) is 18.7. The molecule has 0 radical (unpaired) electrons. The highest BCUT2D eigenvalue weighted by Crippen LogP contribution is 2.37. The van der Waals surface area contributed by atoms with Crippen molar-refractivity contribution < 1.29 is 28.8 Å². The Kier molecular flexibility index (Phi) is 5.65. The number of allylic oxidation sites excluding steroid dienone is 1. The van der Waals surface area contributed by atoms with Crippen LogP contribution in [-0.4, -0.2) is 41.8 Å². The van der Waals surface area contributed by atoms with Gasteiger partial charge < -0.3 is 24.1 Å². The Labute approximate surface area is 153 Å². The lowest BCUT2D eigenvalue weighted by molar-refractivity contribution is -0.255. The molecule has 142 valence electrons. The molecule has 0 aromatic heterocycles. The van der Waals surface area contributed by atoms with Gasteiger partial charge in [-0.15, -0.1) is 0 Å². The van der Waals surface area contributed by atoms with Gasteiger partial charge in [-0.3, -0.25) is 0 Å². The van der Waals surface area contributed by atoms with Crippen molar-refractivity contribution in [1.29, 1.82) is 0 Å². The fraction of sp³-hybridized carbons (Fsp3) is 0.550. The fourth-order valence-corrected chi connectivity index (χ4v) is 3.12. The van der Waals surface area contributed by atoms with E-state index in [0.29, 0.717) is 25.4 Å². The molecule has 6 nitrogen and oxygen atoms in total. The van der Waals surface area contributed by atoms with E-state index in [1.54, 1.807) is 0 Å². The summed E-state index contributed by atoms with van der Waals surface area (Å²) in [6, 6.07) is 9.70. The van der Waals surface area contributed by atoms with Crippen LogP contribution < -0.4 is 0 Å². The van der Waals surface area contributed by atoms with E-state index >= 15 is 0 Å². The van der Waals surface area contributed by atoms with Crippen molar-refractivity contribution >= 4 is 5.97 Å². The summed E-state index contributed by atoms with van der Waals surface area (Å²) in [5.41, 5.74) is 0.446. The first-order valence-electron chi connectivity index (χ1n) is 8.87. The summed E-state index contributed by atoms with van der Waals surface area (Å²) in [4.78, 5) is 11.9. The summed E-state index contributed by atoms with van der Waals surface area (Å²) in [5.74, 6) is 0.0642. The zero-order valence-electron chi connectivity index (χ0n) is 15.4. The lowest BCUT2D eigenvalue weighted by Crippen LogP contribution is -2.49. The largest absolute Gasteiger partial charge is 0.491 e. The first-order valence-corrected chi connectivity index (χ1v) is 8.87. The van der Waals surface area contributed by atoms with E-state index in [4.69, 9.17) is 18.9 Å². The van der Waals surface area contributed by atoms with Gasteiger partial charge >= 0.3 is 5.97 Å². The number of rotatable bonds is 4. The normalized spacial score (nSPS) is 29.9. The minimum Gasteiger partial charge on any atom is -0.491 e. The Bertz CT molecular complexity index is 648. The second-order valence-electron chi connectivity index (χ2n) is 7.68. The van der Waals surface area contributed by atoms with Crippen molar-refractivity contribution in [1.82, 2.24) is 0 Å². The standard InChI is InChI=1S/C20H26O6/c1-20(2,3)26-16(21)10-15-9-14-12-24-19(17(22)18(14)25-15)23-11-13-7-5-4-6-8-13/h4-8,10,14,17-19,22H,9,11-12H2,1-3H3/b15-10+/t14-,17+,18-,19+/m1/s1. The third-order valence-corrected chi connectivity index (χ3v) is 4.25. The van der Waals surface area contributed by atoms with Gasteiger partial charge in [0.2, 0.25) is 0 Å². The van der Waals surface area contributed by atoms with Crippen molar-refractivity contribution in [3.8, 4) is 0 Å². The Morgan fingerprint density at radius 2 is 2.04 bits per heavy atom. The van der Waals surface area contributed by atoms with Crippen LogP contribution in [0.5, 0.6) is 0 Å². The SMILES string of the molecule is CC(C)(C)OC(=O)/C=C1\C[C@@H]2CO[C@H](OCc3ccccc3)[C@@H](O)[C@@H]2O1. The van der Waals surface area contributed by atoms with Gasteiger partial charge in [0.05, 0.1) is 19.3 Å². The molecule has 0 unspecified atom stereocenters. The van der Waals surface area contributed by atoms with Crippen molar-refractivity contribution in [2.75, 3.05) is 6.61 Å². The first-order chi connectivity index (χ1) is 12.3. The minimum absolute atomic E-state index is 0.00439. The molecule has 1 N–H and O–H groups in total. The van der Waals surface area contributed by atoms with Gasteiger partial charge in [-0.25, -0.2) is 4.79 Å². The van der Waals surface area contributed by atoms with Crippen molar-refractivity contribution in [2.24, 2.45) is 5.92 Å². The number of aliphatic hydroxyl groups excluding tert-OH is 1. The average molecular weight is 362 g/mol. The summed E-state index contributed by atoms with van der Waals surface area (Å²) in [6.45, 7) is 6.19. The molecule has 4 atom stereocenters. The molecule has 0 bridgehead atoms. The number of esters is 1. The maximum Gasteiger partial charge on any atom is 0.334 e. The number of aliphatic hydroxyl groups is 1. The van der Waals surface area contributed by atoms with Crippen LogP contribution in [-0.2, 0) is 30.3 Å². The predicted octanol–water partition coefficient (Wildman–Crippen LogP) is 2.55. The number of hydrogen-bond acceptors (Lipinski definition) is 6. The smallest absolute Gasteiger partial charge is 0.334 e. The van der Waals surface area contributed by atoms with Crippen molar-refractivity contribution in [3.63, 3.8) is 0 Å². The summed E-state index contributed by atoms with van der Waals surface area (Å²) in [7, 11) is 0. The molecule has 1 aromatic rings. The van der Waals surface area contributed by atoms with E-state index in [9.17, 15) is 9.90 Å². The molecule has 2 heterocycles. The van der Waals surface area contributed by atoms with Crippen LogP contribution in [0.25, 0.3) is 0 Å². The topological polar surface area (TPSA) is 74.2 Å². The molecule has 0 aliphatic carbocycles. The second kappa shape index (κ2) is 7.78. The van der Waals surface area contributed by atoms with Crippen LogP contribution in [0.4, 0.5) is 0 Å². The van der Waals surface area contributed by atoms with Crippen LogP contribution in [0, 0.1) is 5.92 Å². The Morgan fingerprint density at radius 3 is 2.73 bits per heavy atom. The van der Waals surface area contributed by atoms with Gasteiger partial charge in [-0.1, -0.05) is 30.3 Å². The molecule has 26 heavy (non-hydrogen) atoms. The van der Waals surface area contributed by atoms with Crippen LogP contribution in [0.2, 0.25) is 0 Å².